The van der Waals surface area contributed by atoms with Gasteiger partial charge >= 0.3 is 0 Å². The van der Waals surface area contributed by atoms with Gasteiger partial charge in [-0.15, -0.1) is 11.3 Å². The summed E-state index contributed by atoms with van der Waals surface area (Å²) in [4.78, 5) is 24.3. The van der Waals surface area contributed by atoms with Crippen molar-refractivity contribution in [2.45, 2.75) is 26.0 Å². The van der Waals surface area contributed by atoms with Crippen LogP contribution in [0.25, 0.3) is 0 Å². The molecule has 8 heteroatoms. The van der Waals surface area contributed by atoms with Gasteiger partial charge in [0.2, 0.25) is 0 Å². The van der Waals surface area contributed by atoms with Crippen LogP contribution in [0, 0.1) is 0 Å². The van der Waals surface area contributed by atoms with E-state index in [9.17, 15) is 4.79 Å². The summed E-state index contributed by atoms with van der Waals surface area (Å²) in [7, 11) is 1.95. The minimum Gasteiger partial charge on any atom is -0.372 e. The van der Waals surface area contributed by atoms with Crippen molar-refractivity contribution in [2.24, 2.45) is 7.05 Å². The van der Waals surface area contributed by atoms with E-state index in [0.717, 1.165) is 17.4 Å². The molecule has 2 unspecified atom stereocenters. The Hall–Kier alpha value is -1.77. The highest BCUT2D eigenvalue weighted by atomic mass is 32.1. The van der Waals surface area contributed by atoms with Crippen molar-refractivity contribution >= 4 is 17.2 Å². The lowest BCUT2D eigenvalue weighted by Crippen LogP contribution is -2.49. The third-order valence-electron chi connectivity index (χ3n) is 4.16. The molecule has 0 aliphatic carbocycles. The molecule has 2 aromatic rings. The summed E-state index contributed by atoms with van der Waals surface area (Å²) in [6, 6.07) is -0.0684. The number of aromatic nitrogens is 3. The van der Waals surface area contributed by atoms with E-state index in [-0.39, 0.29) is 18.1 Å². The molecule has 1 aliphatic rings. The number of carbonyl (C=O) groups is 1. The van der Waals surface area contributed by atoms with Crippen LogP contribution in [-0.4, -0.2) is 51.6 Å². The molecule has 0 bridgehead atoms. The van der Waals surface area contributed by atoms with Crippen molar-refractivity contribution < 1.29 is 9.53 Å². The molecule has 1 aliphatic heterocycles. The second-order valence-corrected chi connectivity index (χ2v) is 6.84. The van der Waals surface area contributed by atoms with Gasteiger partial charge in [0, 0.05) is 45.7 Å². The minimum atomic E-state index is -0.0880. The normalized spacial score (nSPS) is 19.5. The smallest absolute Gasteiger partial charge is 0.266 e. The topological polar surface area (TPSA) is 72.3 Å². The van der Waals surface area contributed by atoms with Crippen molar-refractivity contribution in [3.05, 3.63) is 34.3 Å². The van der Waals surface area contributed by atoms with Crippen molar-refractivity contribution in [3.8, 4) is 0 Å². The number of nitrogens with one attached hydrogen (secondary N) is 1. The van der Waals surface area contributed by atoms with Gasteiger partial charge in [0.05, 0.1) is 6.20 Å². The maximum Gasteiger partial charge on any atom is 0.266 e. The SMILES string of the molecule is CCOC(C)c1ncc(C(=O)N2CCNCC2c2nccn2C)s1. The van der Waals surface area contributed by atoms with Crippen LogP contribution in [0.5, 0.6) is 0 Å². The monoisotopic (exact) mass is 349 g/mol. The van der Waals surface area contributed by atoms with Gasteiger partial charge in [-0.1, -0.05) is 0 Å². The molecule has 1 N–H and O–H groups in total. The van der Waals surface area contributed by atoms with Gasteiger partial charge in [0.25, 0.3) is 5.91 Å². The maximum absolute atomic E-state index is 13.0. The van der Waals surface area contributed by atoms with E-state index >= 15 is 0 Å². The number of amides is 1. The summed E-state index contributed by atoms with van der Waals surface area (Å²) in [5.41, 5.74) is 0. The third kappa shape index (κ3) is 3.35. The average molecular weight is 349 g/mol. The van der Waals surface area contributed by atoms with E-state index in [4.69, 9.17) is 4.74 Å². The molecule has 1 amide bonds. The van der Waals surface area contributed by atoms with Gasteiger partial charge in [-0.05, 0) is 13.8 Å². The predicted molar refractivity (Wildman–Crippen MR) is 92.0 cm³/mol. The van der Waals surface area contributed by atoms with Crippen molar-refractivity contribution in [3.63, 3.8) is 0 Å². The quantitative estimate of drug-likeness (QED) is 0.890. The number of rotatable bonds is 5. The molecule has 130 valence electrons. The van der Waals surface area contributed by atoms with Crippen LogP contribution >= 0.6 is 11.3 Å². The Bertz CT molecular complexity index is 698. The molecule has 3 rings (SSSR count). The van der Waals surface area contributed by atoms with Crippen LogP contribution < -0.4 is 5.32 Å². The first-order valence-corrected chi connectivity index (χ1v) is 8.99. The first-order valence-electron chi connectivity index (χ1n) is 8.18. The molecule has 3 heterocycles. The summed E-state index contributed by atoms with van der Waals surface area (Å²) in [6.07, 6.45) is 5.24. The number of nitrogens with zero attached hydrogens (tertiary/aromatic N) is 4. The number of ether oxygens (including phenoxy) is 1. The number of hydrogen-bond donors (Lipinski definition) is 1. The van der Waals surface area contributed by atoms with E-state index in [1.807, 2.05) is 36.6 Å². The Morgan fingerprint density at radius 1 is 1.54 bits per heavy atom. The van der Waals surface area contributed by atoms with Gasteiger partial charge in [-0.25, -0.2) is 9.97 Å². The molecule has 0 saturated carbocycles. The number of carbonyl (C=O) groups excluding carboxylic acids is 1. The van der Waals surface area contributed by atoms with Gasteiger partial charge < -0.3 is 19.5 Å². The molecule has 2 aromatic heterocycles. The molecule has 0 spiro atoms. The number of aryl methyl sites for hydroxylation is 1. The Morgan fingerprint density at radius 2 is 2.38 bits per heavy atom. The highest BCUT2D eigenvalue weighted by Gasteiger charge is 2.32. The Labute approximate surface area is 145 Å². The number of thiazole rings is 1. The maximum atomic E-state index is 13.0. The van der Waals surface area contributed by atoms with Crippen LogP contribution in [-0.2, 0) is 11.8 Å². The highest BCUT2D eigenvalue weighted by Crippen LogP contribution is 2.27. The van der Waals surface area contributed by atoms with Crippen LogP contribution in [0.15, 0.2) is 18.6 Å². The Morgan fingerprint density at radius 3 is 3.08 bits per heavy atom. The highest BCUT2D eigenvalue weighted by molar-refractivity contribution is 7.13. The van der Waals surface area contributed by atoms with E-state index < -0.39 is 0 Å². The second-order valence-electron chi connectivity index (χ2n) is 5.78. The zero-order valence-corrected chi connectivity index (χ0v) is 15.0. The summed E-state index contributed by atoms with van der Waals surface area (Å²) < 4.78 is 7.53. The van der Waals surface area contributed by atoms with Crippen molar-refractivity contribution in [2.75, 3.05) is 26.2 Å². The fourth-order valence-corrected chi connectivity index (χ4v) is 3.79. The minimum absolute atomic E-state index is 0.0111. The largest absolute Gasteiger partial charge is 0.372 e. The van der Waals surface area contributed by atoms with Crippen LogP contribution in [0.4, 0.5) is 0 Å². The van der Waals surface area contributed by atoms with Gasteiger partial charge in [-0.2, -0.15) is 0 Å². The lowest BCUT2D eigenvalue weighted by Gasteiger charge is -2.35. The lowest BCUT2D eigenvalue weighted by atomic mass is 10.1. The molecule has 7 nitrogen and oxygen atoms in total. The van der Waals surface area contributed by atoms with Gasteiger partial charge in [0.15, 0.2) is 0 Å². The van der Waals surface area contributed by atoms with Gasteiger partial charge in [0.1, 0.15) is 27.9 Å². The standard InChI is InChI=1S/C16H23N5O2S/c1-4-23-11(2)15-19-10-13(24-15)16(22)21-8-5-17-9-12(21)14-18-6-7-20(14)3/h6-7,10-12,17H,4-5,8-9H2,1-3H3. The number of hydrogen-bond acceptors (Lipinski definition) is 6. The van der Waals surface area contributed by atoms with E-state index in [2.05, 4.69) is 15.3 Å². The predicted octanol–water partition coefficient (Wildman–Crippen LogP) is 1.76. The van der Waals surface area contributed by atoms with Crippen LogP contribution in [0.1, 0.15) is 46.5 Å². The molecule has 1 fully saturated rings. The Balaban J connectivity index is 1.81. The van der Waals surface area contributed by atoms with Crippen molar-refractivity contribution in [1.82, 2.24) is 24.8 Å². The zero-order chi connectivity index (χ0) is 17.1. The van der Waals surface area contributed by atoms with E-state index in [1.54, 1.807) is 12.4 Å². The first-order chi connectivity index (χ1) is 11.6. The third-order valence-corrected chi connectivity index (χ3v) is 5.31. The fraction of sp³-hybridized carbons (Fsp3) is 0.562. The summed E-state index contributed by atoms with van der Waals surface area (Å²) in [6.45, 7) is 6.69. The summed E-state index contributed by atoms with van der Waals surface area (Å²) >= 11 is 1.41. The lowest BCUT2D eigenvalue weighted by molar-refractivity contribution is 0.0625. The molecule has 24 heavy (non-hydrogen) atoms. The molecule has 0 aromatic carbocycles. The van der Waals surface area contributed by atoms with E-state index in [1.165, 1.54) is 11.3 Å². The summed E-state index contributed by atoms with van der Waals surface area (Å²) in [5, 5.41) is 4.18. The first kappa shape index (κ1) is 17.1. The molecular formula is C16H23N5O2S. The van der Waals surface area contributed by atoms with Crippen molar-refractivity contribution in [1.29, 1.82) is 0 Å². The molecular weight excluding hydrogens is 326 g/mol. The summed E-state index contributed by atoms with van der Waals surface area (Å²) in [5.74, 6) is 0.903. The van der Waals surface area contributed by atoms with E-state index in [0.29, 0.717) is 24.6 Å². The molecule has 2 atom stereocenters. The zero-order valence-electron chi connectivity index (χ0n) is 14.2. The fourth-order valence-electron chi connectivity index (χ4n) is 2.91. The average Bonchev–Trinajstić information content (AvgIpc) is 3.23. The van der Waals surface area contributed by atoms with Crippen LogP contribution in [0.2, 0.25) is 0 Å². The molecule has 0 radical (unpaired) electrons. The number of imidazole rings is 1. The second kappa shape index (κ2) is 7.42. The molecule has 1 saturated heterocycles. The van der Waals surface area contributed by atoms with Gasteiger partial charge in [-0.3, -0.25) is 4.79 Å². The van der Waals surface area contributed by atoms with Crippen LogP contribution in [0.3, 0.4) is 0 Å². The number of piperazine rings is 1. The Kier molecular flexibility index (Phi) is 5.27.